The third-order valence-corrected chi connectivity index (χ3v) is 6.06. The highest BCUT2D eigenvalue weighted by Crippen LogP contribution is 2.23. The Morgan fingerprint density at radius 3 is 2.64 bits per heavy atom. The van der Waals surface area contributed by atoms with Gasteiger partial charge in [0.2, 0.25) is 10.0 Å². The Morgan fingerprint density at radius 1 is 1.41 bits per heavy atom. The van der Waals surface area contributed by atoms with Gasteiger partial charge in [-0.05, 0) is 31.7 Å². The number of hydrogen-bond donors (Lipinski definition) is 0. The lowest BCUT2D eigenvalue weighted by Gasteiger charge is -2.32. The van der Waals surface area contributed by atoms with E-state index in [0.717, 1.165) is 12.1 Å². The van der Waals surface area contributed by atoms with Gasteiger partial charge >= 0.3 is 0 Å². The number of benzene rings is 1. The second kappa shape index (κ2) is 7.04. The van der Waals surface area contributed by atoms with E-state index >= 15 is 0 Å². The summed E-state index contributed by atoms with van der Waals surface area (Å²) in [6.07, 6.45) is -0.313. The molecule has 1 aromatic carbocycles. The van der Waals surface area contributed by atoms with Gasteiger partial charge in [-0.3, -0.25) is 0 Å². The summed E-state index contributed by atoms with van der Waals surface area (Å²) in [5.74, 6) is -0.376. The first-order valence-electron chi connectivity index (χ1n) is 7.31. The fraction of sp³-hybridized carbons (Fsp3) is 0.600. The van der Waals surface area contributed by atoms with Gasteiger partial charge in [-0.1, -0.05) is 12.1 Å². The zero-order chi connectivity index (χ0) is 16.3. The molecule has 0 amide bonds. The van der Waals surface area contributed by atoms with Gasteiger partial charge in [0.25, 0.3) is 0 Å². The van der Waals surface area contributed by atoms with E-state index < -0.39 is 10.0 Å². The van der Waals surface area contributed by atoms with Crippen molar-refractivity contribution in [2.75, 3.05) is 39.5 Å². The average molecular weight is 330 g/mol. The van der Waals surface area contributed by atoms with Gasteiger partial charge in [0.1, 0.15) is 5.82 Å². The van der Waals surface area contributed by atoms with Gasteiger partial charge < -0.3 is 9.64 Å². The molecule has 1 aromatic rings. The predicted molar refractivity (Wildman–Crippen MR) is 83.6 cm³/mol. The molecular formula is C15H23FN2O3S. The van der Waals surface area contributed by atoms with Crippen molar-refractivity contribution in [2.24, 2.45) is 0 Å². The molecule has 0 aliphatic carbocycles. The van der Waals surface area contributed by atoms with Crippen molar-refractivity contribution in [3.8, 4) is 0 Å². The summed E-state index contributed by atoms with van der Waals surface area (Å²) in [7, 11) is 0.0499. The second-order valence-electron chi connectivity index (χ2n) is 5.78. The largest absolute Gasteiger partial charge is 0.374 e. The molecule has 1 saturated heterocycles. The maximum absolute atomic E-state index is 13.0. The monoisotopic (exact) mass is 330 g/mol. The van der Waals surface area contributed by atoms with Crippen LogP contribution in [0, 0.1) is 5.82 Å². The first-order chi connectivity index (χ1) is 10.3. The summed E-state index contributed by atoms with van der Waals surface area (Å²) < 4.78 is 44.9. The van der Waals surface area contributed by atoms with E-state index in [-0.39, 0.29) is 23.7 Å². The van der Waals surface area contributed by atoms with Crippen LogP contribution in [-0.4, -0.2) is 63.3 Å². The molecule has 2 unspecified atom stereocenters. The second-order valence-corrected chi connectivity index (χ2v) is 7.85. The third-order valence-electron chi connectivity index (χ3n) is 4.07. The molecule has 2 atom stereocenters. The summed E-state index contributed by atoms with van der Waals surface area (Å²) in [6, 6.07) is 5.54. The Labute approximate surface area is 131 Å². The van der Waals surface area contributed by atoms with E-state index in [1.165, 1.54) is 16.4 Å². The zero-order valence-electron chi connectivity index (χ0n) is 13.2. The van der Waals surface area contributed by atoms with Crippen LogP contribution < -0.4 is 0 Å². The van der Waals surface area contributed by atoms with Crippen LogP contribution in [0.25, 0.3) is 0 Å². The molecule has 0 radical (unpaired) electrons. The summed E-state index contributed by atoms with van der Waals surface area (Å²) in [5, 5.41) is 0. The standard InChI is InChI=1S/C15H23FN2O3S/c1-12(13-4-6-14(16)7-5-13)18(3)22(19,20)11-15-10-17(2)8-9-21-15/h4-7,12,15H,8-11H2,1-3H3. The van der Waals surface area contributed by atoms with Crippen molar-refractivity contribution >= 4 is 10.0 Å². The SMILES string of the molecule is CC(c1ccc(F)cc1)N(C)S(=O)(=O)CC1CN(C)CCO1. The Kier molecular flexibility index (Phi) is 5.55. The molecule has 5 nitrogen and oxygen atoms in total. The van der Waals surface area contributed by atoms with Crippen molar-refractivity contribution in [1.82, 2.24) is 9.21 Å². The molecule has 0 saturated carbocycles. The number of nitrogens with zero attached hydrogens (tertiary/aromatic N) is 2. The quantitative estimate of drug-likeness (QED) is 0.820. The van der Waals surface area contributed by atoms with Crippen LogP contribution in [0.4, 0.5) is 4.39 Å². The van der Waals surface area contributed by atoms with Gasteiger partial charge in [0, 0.05) is 26.2 Å². The Morgan fingerprint density at radius 2 is 2.05 bits per heavy atom. The van der Waals surface area contributed by atoms with E-state index in [0.29, 0.717) is 13.2 Å². The molecule has 1 aliphatic rings. The number of halogens is 1. The number of likely N-dealkylation sites (N-methyl/N-ethyl adjacent to an activating group) is 1. The lowest BCUT2D eigenvalue weighted by atomic mass is 10.1. The van der Waals surface area contributed by atoms with E-state index in [1.807, 2.05) is 7.05 Å². The molecule has 0 spiro atoms. The van der Waals surface area contributed by atoms with E-state index in [9.17, 15) is 12.8 Å². The first kappa shape index (κ1) is 17.3. The van der Waals surface area contributed by atoms with Crippen LogP contribution in [-0.2, 0) is 14.8 Å². The molecule has 0 aromatic heterocycles. The number of morpholine rings is 1. The molecule has 22 heavy (non-hydrogen) atoms. The number of ether oxygens (including phenoxy) is 1. The molecule has 0 N–H and O–H groups in total. The summed E-state index contributed by atoms with van der Waals surface area (Å²) >= 11 is 0. The van der Waals surface area contributed by atoms with E-state index in [4.69, 9.17) is 4.74 Å². The van der Waals surface area contributed by atoms with E-state index in [1.54, 1.807) is 26.1 Å². The van der Waals surface area contributed by atoms with Crippen molar-refractivity contribution in [2.45, 2.75) is 19.1 Å². The highest BCUT2D eigenvalue weighted by Gasteiger charge is 2.30. The molecule has 0 bridgehead atoms. The van der Waals surface area contributed by atoms with Gasteiger partial charge in [-0.15, -0.1) is 0 Å². The maximum Gasteiger partial charge on any atom is 0.217 e. The Balaban J connectivity index is 2.05. The van der Waals surface area contributed by atoms with Crippen molar-refractivity contribution in [3.05, 3.63) is 35.6 Å². The highest BCUT2D eigenvalue weighted by molar-refractivity contribution is 7.89. The van der Waals surface area contributed by atoms with Crippen LogP contribution in [0.5, 0.6) is 0 Å². The molecule has 1 aliphatic heterocycles. The van der Waals surface area contributed by atoms with Crippen molar-refractivity contribution < 1.29 is 17.5 Å². The molecule has 7 heteroatoms. The Hall–Kier alpha value is -1.02. The molecule has 124 valence electrons. The average Bonchev–Trinajstić information content (AvgIpc) is 2.46. The maximum atomic E-state index is 13.0. The predicted octanol–water partition coefficient (Wildman–Crippen LogP) is 1.48. The molecule has 1 fully saturated rings. The number of rotatable bonds is 5. The number of hydrogen-bond acceptors (Lipinski definition) is 4. The molecular weight excluding hydrogens is 307 g/mol. The van der Waals surface area contributed by atoms with Crippen LogP contribution in [0.2, 0.25) is 0 Å². The zero-order valence-corrected chi connectivity index (χ0v) is 14.0. The minimum Gasteiger partial charge on any atom is -0.374 e. The van der Waals surface area contributed by atoms with Crippen LogP contribution in [0.3, 0.4) is 0 Å². The lowest BCUT2D eigenvalue weighted by Crippen LogP contribution is -2.45. The van der Waals surface area contributed by atoms with Gasteiger partial charge in [0.05, 0.1) is 18.5 Å². The van der Waals surface area contributed by atoms with E-state index in [2.05, 4.69) is 4.90 Å². The van der Waals surface area contributed by atoms with Crippen molar-refractivity contribution in [1.29, 1.82) is 0 Å². The van der Waals surface area contributed by atoms with Crippen LogP contribution in [0.15, 0.2) is 24.3 Å². The lowest BCUT2D eigenvalue weighted by molar-refractivity contribution is -0.00730. The van der Waals surface area contributed by atoms with Gasteiger partial charge in [-0.2, -0.15) is 4.31 Å². The fourth-order valence-electron chi connectivity index (χ4n) is 2.51. The third kappa shape index (κ3) is 4.25. The molecule has 1 heterocycles. The summed E-state index contributed by atoms with van der Waals surface area (Å²) in [6.45, 7) is 3.77. The van der Waals surface area contributed by atoms with Crippen LogP contribution >= 0.6 is 0 Å². The minimum atomic E-state index is -3.45. The van der Waals surface area contributed by atoms with Crippen LogP contribution in [0.1, 0.15) is 18.5 Å². The topological polar surface area (TPSA) is 49.9 Å². The minimum absolute atomic E-state index is 0.0423. The summed E-state index contributed by atoms with van der Waals surface area (Å²) in [5.41, 5.74) is 0.758. The normalized spacial score (nSPS) is 22.0. The smallest absolute Gasteiger partial charge is 0.217 e. The van der Waals surface area contributed by atoms with Gasteiger partial charge in [-0.25, -0.2) is 12.8 Å². The van der Waals surface area contributed by atoms with Gasteiger partial charge in [0.15, 0.2) is 0 Å². The first-order valence-corrected chi connectivity index (χ1v) is 8.92. The fourth-order valence-corrected chi connectivity index (χ4v) is 4.02. The molecule has 2 rings (SSSR count). The highest BCUT2D eigenvalue weighted by atomic mass is 32.2. The van der Waals surface area contributed by atoms with Crippen molar-refractivity contribution in [3.63, 3.8) is 0 Å². The number of sulfonamides is 1. The Bertz CT molecular complexity index is 591. The summed E-state index contributed by atoms with van der Waals surface area (Å²) in [4.78, 5) is 2.06.